The van der Waals surface area contributed by atoms with Crippen molar-refractivity contribution in [3.8, 4) is 17.0 Å². The normalized spacial score (nSPS) is 16.0. The molecule has 4 aromatic rings. The van der Waals surface area contributed by atoms with Gasteiger partial charge in [-0.1, -0.05) is 24.3 Å². The molecule has 174 valence electrons. The van der Waals surface area contributed by atoms with Gasteiger partial charge in [0, 0.05) is 36.5 Å². The van der Waals surface area contributed by atoms with Crippen molar-refractivity contribution in [1.29, 1.82) is 0 Å². The third-order valence-corrected chi connectivity index (χ3v) is 6.75. The first kappa shape index (κ1) is 22.0. The highest BCUT2D eigenvalue weighted by molar-refractivity contribution is 5.89. The number of fused-ring (bicyclic) bond motifs is 1. The molecule has 1 fully saturated rings. The number of aromatic nitrogens is 2. The predicted octanol–water partition coefficient (Wildman–Crippen LogP) is 6.04. The van der Waals surface area contributed by atoms with Gasteiger partial charge in [0.15, 0.2) is 0 Å². The van der Waals surface area contributed by atoms with Crippen LogP contribution in [0.3, 0.4) is 0 Å². The topological polar surface area (TPSA) is 58.9 Å². The summed E-state index contributed by atoms with van der Waals surface area (Å²) in [6.45, 7) is 5.53. The van der Waals surface area contributed by atoms with Crippen LogP contribution in [0, 0.1) is 13.8 Å². The van der Waals surface area contributed by atoms with Crippen molar-refractivity contribution in [2.24, 2.45) is 0 Å². The molecule has 1 unspecified atom stereocenters. The number of amides is 2. The molecule has 0 radical (unpaired) electrons. The Morgan fingerprint density at radius 3 is 2.76 bits per heavy atom. The summed E-state index contributed by atoms with van der Waals surface area (Å²) >= 11 is 0. The highest BCUT2D eigenvalue weighted by Gasteiger charge is 2.28. The zero-order chi connectivity index (χ0) is 23.7. The number of methoxy groups -OCH3 is 1. The molecule has 0 bridgehead atoms. The Morgan fingerprint density at radius 2 is 1.94 bits per heavy atom. The summed E-state index contributed by atoms with van der Waals surface area (Å²) in [5.41, 5.74) is 6.24. The summed E-state index contributed by atoms with van der Waals surface area (Å²) in [4.78, 5) is 20.1. The lowest BCUT2D eigenvalue weighted by molar-refractivity contribution is 0.191. The zero-order valence-corrected chi connectivity index (χ0v) is 19.9. The molecule has 34 heavy (non-hydrogen) atoms. The highest BCUT2D eigenvalue weighted by atomic mass is 16.5. The number of hydrogen-bond donors (Lipinski definition) is 1. The fraction of sp³-hybridized carbons (Fsp3) is 0.286. The third kappa shape index (κ3) is 4.23. The highest BCUT2D eigenvalue weighted by Crippen LogP contribution is 2.33. The number of aryl methyl sites for hydroxylation is 2. The van der Waals surface area contributed by atoms with Crippen molar-refractivity contribution in [1.82, 2.24) is 14.3 Å². The van der Waals surface area contributed by atoms with Gasteiger partial charge in [0.1, 0.15) is 11.6 Å². The molecule has 1 aliphatic rings. The van der Waals surface area contributed by atoms with Gasteiger partial charge in [0.05, 0.1) is 18.3 Å². The maximum Gasteiger partial charge on any atom is 0.321 e. The van der Waals surface area contributed by atoms with E-state index in [0.717, 1.165) is 53.4 Å². The number of pyridine rings is 1. The number of carbonyl (C=O) groups is 1. The monoisotopic (exact) mass is 454 g/mol. The van der Waals surface area contributed by atoms with Crippen LogP contribution in [-0.4, -0.2) is 40.5 Å². The maximum atomic E-state index is 13.1. The summed E-state index contributed by atoms with van der Waals surface area (Å²) in [5, 5.41) is 3.08. The van der Waals surface area contributed by atoms with E-state index in [-0.39, 0.29) is 11.9 Å². The average Bonchev–Trinajstić information content (AvgIpc) is 3.26. The third-order valence-electron chi connectivity index (χ3n) is 6.75. The molecule has 2 aromatic carbocycles. The average molecular weight is 455 g/mol. The Bertz CT molecular complexity index is 1340. The molecule has 1 N–H and O–H groups in total. The van der Waals surface area contributed by atoms with Crippen molar-refractivity contribution < 1.29 is 9.53 Å². The molecule has 0 saturated carbocycles. The fourth-order valence-electron chi connectivity index (χ4n) is 4.73. The Kier molecular flexibility index (Phi) is 5.97. The minimum absolute atomic E-state index is 0.0539. The first-order chi connectivity index (χ1) is 16.5. The largest absolute Gasteiger partial charge is 0.497 e. The lowest BCUT2D eigenvalue weighted by Crippen LogP contribution is -2.42. The summed E-state index contributed by atoms with van der Waals surface area (Å²) in [5.74, 6) is 1.97. The number of nitrogens with one attached hydrogen (secondary N) is 1. The minimum Gasteiger partial charge on any atom is -0.497 e. The van der Waals surface area contributed by atoms with Crippen molar-refractivity contribution >= 4 is 17.2 Å². The van der Waals surface area contributed by atoms with E-state index in [9.17, 15) is 4.79 Å². The molecule has 2 aromatic heterocycles. The van der Waals surface area contributed by atoms with Crippen LogP contribution >= 0.6 is 0 Å². The number of anilines is 1. The first-order valence-electron chi connectivity index (χ1n) is 11.8. The van der Waals surface area contributed by atoms with Gasteiger partial charge in [-0.05, 0) is 74.2 Å². The van der Waals surface area contributed by atoms with E-state index in [1.54, 1.807) is 7.11 Å². The quantitative estimate of drug-likeness (QED) is 0.409. The Balaban J connectivity index is 1.42. The zero-order valence-electron chi connectivity index (χ0n) is 19.9. The van der Waals surface area contributed by atoms with Gasteiger partial charge < -0.3 is 19.4 Å². The number of hydrogen-bond acceptors (Lipinski definition) is 3. The first-order valence-corrected chi connectivity index (χ1v) is 11.8. The SMILES string of the molecule is COc1cccc(-c2nc(C3CCCN(C(=O)Nc4ccc(C)c(C)c4)C3)n3ccccc23)c1. The number of rotatable bonds is 4. The van der Waals surface area contributed by atoms with Gasteiger partial charge in [-0.2, -0.15) is 0 Å². The van der Waals surface area contributed by atoms with Crippen LogP contribution in [-0.2, 0) is 0 Å². The van der Waals surface area contributed by atoms with Crippen LogP contribution in [0.25, 0.3) is 16.8 Å². The lowest BCUT2D eigenvalue weighted by atomic mass is 9.97. The Hall–Kier alpha value is -3.80. The molecular formula is C28H30N4O2. The van der Waals surface area contributed by atoms with Crippen LogP contribution in [0.15, 0.2) is 66.9 Å². The smallest absolute Gasteiger partial charge is 0.321 e. The van der Waals surface area contributed by atoms with Crippen molar-refractivity contribution in [3.63, 3.8) is 0 Å². The van der Waals surface area contributed by atoms with E-state index in [1.165, 1.54) is 11.1 Å². The van der Waals surface area contributed by atoms with Gasteiger partial charge in [0.2, 0.25) is 0 Å². The number of likely N-dealkylation sites (tertiary alicyclic amines) is 1. The number of benzene rings is 2. The molecule has 1 atom stereocenters. The van der Waals surface area contributed by atoms with Gasteiger partial charge >= 0.3 is 6.03 Å². The second kappa shape index (κ2) is 9.21. The molecule has 6 heteroatoms. The van der Waals surface area contributed by atoms with E-state index < -0.39 is 0 Å². The van der Waals surface area contributed by atoms with Gasteiger partial charge in [-0.25, -0.2) is 9.78 Å². The second-order valence-corrected chi connectivity index (χ2v) is 9.02. The number of urea groups is 1. The summed E-state index contributed by atoms with van der Waals surface area (Å²) in [6, 6.07) is 20.1. The molecule has 0 spiro atoms. The van der Waals surface area contributed by atoms with Gasteiger partial charge in [0.25, 0.3) is 0 Å². The van der Waals surface area contributed by atoms with E-state index >= 15 is 0 Å². The maximum absolute atomic E-state index is 13.1. The summed E-state index contributed by atoms with van der Waals surface area (Å²) in [7, 11) is 1.68. The number of nitrogens with zero attached hydrogens (tertiary/aromatic N) is 3. The fourth-order valence-corrected chi connectivity index (χ4v) is 4.73. The number of piperidine rings is 1. The van der Waals surface area contributed by atoms with Gasteiger partial charge in [-0.15, -0.1) is 0 Å². The predicted molar refractivity (Wildman–Crippen MR) is 136 cm³/mol. The van der Waals surface area contributed by atoms with Crippen LogP contribution in [0.1, 0.15) is 35.7 Å². The molecule has 6 nitrogen and oxygen atoms in total. The molecule has 1 saturated heterocycles. The van der Waals surface area contributed by atoms with Crippen LogP contribution in [0.4, 0.5) is 10.5 Å². The van der Waals surface area contributed by atoms with E-state index in [4.69, 9.17) is 9.72 Å². The van der Waals surface area contributed by atoms with Crippen LogP contribution in [0.5, 0.6) is 5.75 Å². The van der Waals surface area contributed by atoms with E-state index in [2.05, 4.69) is 41.9 Å². The molecule has 2 amide bonds. The van der Waals surface area contributed by atoms with Crippen molar-refractivity contribution in [2.45, 2.75) is 32.6 Å². The molecule has 3 heterocycles. The van der Waals surface area contributed by atoms with Crippen molar-refractivity contribution in [3.05, 3.63) is 83.8 Å². The molecular weight excluding hydrogens is 424 g/mol. The van der Waals surface area contributed by atoms with E-state index in [0.29, 0.717) is 6.54 Å². The molecule has 5 rings (SSSR count). The minimum atomic E-state index is -0.0539. The lowest BCUT2D eigenvalue weighted by Gasteiger charge is -2.32. The summed E-state index contributed by atoms with van der Waals surface area (Å²) in [6.07, 6.45) is 4.01. The second-order valence-electron chi connectivity index (χ2n) is 9.02. The van der Waals surface area contributed by atoms with Gasteiger partial charge in [-0.3, -0.25) is 0 Å². The summed E-state index contributed by atoms with van der Waals surface area (Å²) < 4.78 is 7.60. The number of carbonyl (C=O) groups excluding carboxylic acids is 1. The number of ether oxygens (including phenoxy) is 1. The van der Waals surface area contributed by atoms with Crippen LogP contribution in [0.2, 0.25) is 0 Å². The standard InChI is InChI=1S/C28H30N4O2/c1-19-12-13-23(16-20(19)2)29-28(33)31-14-7-9-22(18-31)27-30-26(25-11-4-5-15-32(25)27)21-8-6-10-24(17-21)34-3/h4-6,8,10-13,15-17,22H,7,9,14,18H2,1-3H3,(H,29,33). The van der Waals surface area contributed by atoms with Crippen LogP contribution < -0.4 is 10.1 Å². The number of imidazole rings is 1. The van der Waals surface area contributed by atoms with E-state index in [1.807, 2.05) is 53.4 Å². The Morgan fingerprint density at radius 1 is 1.06 bits per heavy atom. The Labute approximate surface area is 200 Å². The molecule has 1 aliphatic heterocycles. The molecule has 0 aliphatic carbocycles. The van der Waals surface area contributed by atoms with Crippen molar-refractivity contribution in [2.75, 3.05) is 25.5 Å².